The molecule has 0 radical (unpaired) electrons. The Balaban J connectivity index is 1.96. The smallest absolute Gasteiger partial charge is 0.0252 e. The average molecular weight is 210 g/mol. The molecule has 1 N–H and O–H groups in total. The van der Waals surface area contributed by atoms with Gasteiger partial charge in [0.15, 0.2) is 0 Å². The molecule has 2 heterocycles. The minimum Gasteiger partial charge on any atom is -0.312 e. The fourth-order valence-corrected chi connectivity index (χ4v) is 3.26. The largest absolute Gasteiger partial charge is 0.312 e. The Kier molecular flexibility index (Phi) is 4.04. The van der Waals surface area contributed by atoms with E-state index in [0.29, 0.717) is 0 Å². The number of nitrogens with zero attached hydrogens (tertiary/aromatic N) is 1. The van der Waals surface area contributed by atoms with Gasteiger partial charge in [-0.15, -0.1) is 0 Å². The van der Waals surface area contributed by atoms with E-state index < -0.39 is 0 Å². The average Bonchev–Trinajstić information content (AvgIpc) is 2.30. The lowest BCUT2D eigenvalue weighted by molar-refractivity contribution is 0.0749. The van der Waals surface area contributed by atoms with Gasteiger partial charge in [-0.2, -0.15) is 0 Å². The fourth-order valence-electron chi connectivity index (χ4n) is 3.26. The van der Waals surface area contributed by atoms with Crippen molar-refractivity contribution in [3.8, 4) is 0 Å². The Hall–Kier alpha value is -0.0800. The van der Waals surface area contributed by atoms with Gasteiger partial charge < -0.3 is 5.32 Å². The second kappa shape index (κ2) is 5.31. The van der Waals surface area contributed by atoms with Crippen LogP contribution in [0.4, 0.5) is 0 Å². The first kappa shape index (κ1) is 11.4. The van der Waals surface area contributed by atoms with Gasteiger partial charge in [0.1, 0.15) is 0 Å². The first-order chi connectivity index (χ1) is 7.29. The molecule has 15 heavy (non-hydrogen) atoms. The van der Waals surface area contributed by atoms with Crippen molar-refractivity contribution < 1.29 is 0 Å². The minimum atomic E-state index is 0.721. The first-order valence-electron chi connectivity index (χ1n) is 6.78. The molecular weight excluding hydrogens is 184 g/mol. The SMILES string of the molecule is CC(C)N1CCCC[C@H]1[C@@H]1CCCCN1. The molecule has 2 rings (SSSR count). The van der Waals surface area contributed by atoms with Crippen molar-refractivity contribution >= 4 is 0 Å². The van der Waals surface area contributed by atoms with Crippen LogP contribution in [0, 0.1) is 0 Å². The van der Waals surface area contributed by atoms with Crippen LogP contribution in [0.15, 0.2) is 0 Å². The highest BCUT2D eigenvalue weighted by atomic mass is 15.2. The van der Waals surface area contributed by atoms with Crippen molar-refractivity contribution in [3.05, 3.63) is 0 Å². The third-order valence-corrected chi connectivity index (χ3v) is 4.07. The summed E-state index contributed by atoms with van der Waals surface area (Å²) in [7, 11) is 0. The molecule has 0 unspecified atom stereocenters. The number of hydrogen-bond donors (Lipinski definition) is 1. The standard InChI is InChI=1S/C13H26N2/c1-11(2)15-10-6-4-8-13(15)12-7-3-5-9-14-12/h11-14H,3-10H2,1-2H3/t12-,13-/m0/s1. The molecule has 0 aromatic rings. The summed E-state index contributed by atoms with van der Waals surface area (Å²) < 4.78 is 0. The molecule has 2 heteroatoms. The predicted octanol–water partition coefficient (Wildman–Crippen LogP) is 2.39. The van der Waals surface area contributed by atoms with E-state index in [1.165, 1.54) is 51.6 Å². The molecule has 0 aromatic heterocycles. The van der Waals surface area contributed by atoms with Gasteiger partial charge >= 0.3 is 0 Å². The predicted molar refractivity (Wildman–Crippen MR) is 65.1 cm³/mol. The highest BCUT2D eigenvalue weighted by Gasteiger charge is 2.31. The molecular formula is C13H26N2. The number of piperidine rings is 2. The van der Waals surface area contributed by atoms with Crippen LogP contribution in [0.1, 0.15) is 52.4 Å². The van der Waals surface area contributed by atoms with Gasteiger partial charge in [-0.25, -0.2) is 0 Å². The quantitative estimate of drug-likeness (QED) is 0.753. The molecule has 0 bridgehead atoms. The van der Waals surface area contributed by atoms with Crippen LogP contribution in [-0.2, 0) is 0 Å². The van der Waals surface area contributed by atoms with Crippen LogP contribution in [-0.4, -0.2) is 36.1 Å². The van der Waals surface area contributed by atoms with E-state index >= 15 is 0 Å². The van der Waals surface area contributed by atoms with E-state index in [-0.39, 0.29) is 0 Å². The zero-order chi connectivity index (χ0) is 10.7. The summed E-state index contributed by atoms with van der Waals surface area (Å²) in [5, 5.41) is 3.73. The Bertz CT molecular complexity index is 185. The summed E-state index contributed by atoms with van der Waals surface area (Å²) in [6.07, 6.45) is 8.46. The van der Waals surface area contributed by atoms with Crippen molar-refractivity contribution in [3.63, 3.8) is 0 Å². The maximum absolute atomic E-state index is 3.73. The number of likely N-dealkylation sites (tertiary alicyclic amines) is 1. The van der Waals surface area contributed by atoms with Crippen molar-refractivity contribution in [2.75, 3.05) is 13.1 Å². The van der Waals surface area contributed by atoms with Gasteiger partial charge in [0.25, 0.3) is 0 Å². The molecule has 2 atom stereocenters. The molecule has 0 aliphatic carbocycles. The van der Waals surface area contributed by atoms with E-state index in [4.69, 9.17) is 0 Å². The van der Waals surface area contributed by atoms with Crippen molar-refractivity contribution in [2.45, 2.75) is 70.5 Å². The number of rotatable bonds is 2. The van der Waals surface area contributed by atoms with E-state index in [0.717, 1.165) is 18.1 Å². The summed E-state index contributed by atoms with van der Waals surface area (Å²) in [6, 6.07) is 2.32. The van der Waals surface area contributed by atoms with Gasteiger partial charge in [0, 0.05) is 18.1 Å². The highest BCUT2D eigenvalue weighted by Crippen LogP contribution is 2.25. The van der Waals surface area contributed by atoms with Crippen LogP contribution >= 0.6 is 0 Å². The van der Waals surface area contributed by atoms with Crippen molar-refractivity contribution in [2.24, 2.45) is 0 Å². The Morgan fingerprint density at radius 2 is 1.87 bits per heavy atom. The van der Waals surface area contributed by atoms with E-state index in [1.807, 2.05) is 0 Å². The molecule has 2 aliphatic rings. The van der Waals surface area contributed by atoms with Crippen molar-refractivity contribution in [1.29, 1.82) is 0 Å². The summed E-state index contributed by atoms with van der Waals surface area (Å²) in [6.45, 7) is 7.26. The third kappa shape index (κ3) is 2.73. The number of nitrogens with one attached hydrogen (secondary N) is 1. The molecule has 88 valence electrons. The van der Waals surface area contributed by atoms with Crippen LogP contribution in [0.3, 0.4) is 0 Å². The van der Waals surface area contributed by atoms with E-state index in [2.05, 4.69) is 24.1 Å². The molecule has 2 saturated heterocycles. The molecule has 2 aliphatic heterocycles. The molecule has 2 nitrogen and oxygen atoms in total. The van der Waals surface area contributed by atoms with Gasteiger partial charge in [0.05, 0.1) is 0 Å². The maximum Gasteiger partial charge on any atom is 0.0252 e. The van der Waals surface area contributed by atoms with Crippen LogP contribution in [0.2, 0.25) is 0 Å². The van der Waals surface area contributed by atoms with Crippen LogP contribution in [0.25, 0.3) is 0 Å². The zero-order valence-electron chi connectivity index (χ0n) is 10.3. The first-order valence-corrected chi connectivity index (χ1v) is 6.78. The molecule has 2 fully saturated rings. The monoisotopic (exact) mass is 210 g/mol. The molecule has 0 saturated carbocycles. The van der Waals surface area contributed by atoms with E-state index in [9.17, 15) is 0 Å². The topological polar surface area (TPSA) is 15.3 Å². The summed E-state index contributed by atoms with van der Waals surface area (Å²) in [5.74, 6) is 0. The number of hydrogen-bond acceptors (Lipinski definition) is 2. The lowest BCUT2D eigenvalue weighted by atomic mass is 9.89. The fraction of sp³-hybridized carbons (Fsp3) is 1.00. The van der Waals surface area contributed by atoms with Gasteiger partial charge in [0.2, 0.25) is 0 Å². The van der Waals surface area contributed by atoms with Gasteiger partial charge in [-0.3, -0.25) is 4.90 Å². The molecule has 0 amide bonds. The minimum absolute atomic E-state index is 0.721. The second-order valence-electron chi connectivity index (χ2n) is 5.45. The van der Waals surface area contributed by atoms with Crippen LogP contribution in [0.5, 0.6) is 0 Å². The summed E-state index contributed by atoms with van der Waals surface area (Å²) in [4.78, 5) is 2.73. The third-order valence-electron chi connectivity index (χ3n) is 4.07. The zero-order valence-corrected chi connectivity index (χ0v) is 10.3. The highest BCUT2D eigenvalue weighted by molar-refractivity contribution is 4.90. The second-order valence-corrected chi connectivity index (χ2v) is 5.45. The Morgan fingerprint density at radius 3 is 2.53 bits per heavy atom. The van der Waals surface area contributed by atoms with E-state index in [1.54, 1.807) is 0 Å². The Labute approximate surface area is 94.4 Å². The maximum atomic E-state index is 3.73. The lowest BCUT2D eigenvalue weighted by Gasteiger charge is -2.44. The normalized spacial score (nSPS) is 34.6. The Morgan fingerprint density at radius 1 is 1.07 bits per heavy atom. The molecule has 0 aromatic carbocycles. The van der Waals surface area contributed by atoms with Crippen LogP contribution < -0.4 is 5.32 Å². The van der Waals surface area contributed by atoms with Crippen molar-refractivity contribution in [1.82, 2.24) is 10.2 Å². The lowest BCUT2D eigenvalue weighted by Crippen LogP contribution is -2.55. The van der Waals surface area contributed by atoms with Gasteiger partial charge in [-0.05, 0) is 52.6 Å². The van der Waals surface area contributed by atoms with Gasteiger partial charge in [-0.1, -0.05) is 12.8 Å². The summed E-state index contributed by atoms with van der Waals surface area (Å²) in [5.41, 5.74) is 0. The molecule has 0 spiro atoms. The summed E-state index contributed by atoms with van der Waals surface area (Å²) >= 11 is 0.